The number of aromatic carboxylic acids is 1. The number of likely N-dealkylation sites (tertiary alicyclic amines) is 1. The van der Waals surface area contributed by atoms with Crippen molar-refractivity contribution in [2.24, 2.45) is 7.05 Å². The van der Waals surface area contributed by atoms with Crippen molar-refractivity contribution in [3.8, 4) is 0 Å². The van der Waals surface area contributed by atoms with Gasteiger partial charge in [0.2, 0.25) is 0 Å². The number of aryl methyl sites for hydroxylation is 1. The van der Waals surface area contributed by atoms with Gasteiger partial charge in [0.25, 0.3) is 0 Å². The van der Waals surface area contributed by atoms with Crippen LogP contribution in [0.4, 0.5) is 0 Å². The number of hydrogen-bond donors (Lipinski definition) is 1. The summed E-state index contributed by atoms with van der Waals surface area (Å²) in [5.74, 6) is -0.387. The average Bonchev–Trinajstić information content (AvgIpc) is 2.93. The van der Waals surface area contributed by atoms with Gasteiger partial charge in [-0.25, -0.2) is 4.79 Å². The molecule has 0 bridgehead atoms. The van der Waals surface area contributed by atoms with Crippen molar-refractivity contribution in [3.63, 3.8) is 0 Å². The first-order valence-electron chi connectivity index (χ1n) is 7.65. The lowest BCUT2D eigenvalue weighted by molar-refractivity contribution is 0.0697. The molecule has 1 aliphatic rings. The van der Waals surface area contributed by atoms with Crippen LogP contribution in [0.5, 0.6) is 0 Å². The van der Waals surface area contributed by atoms with Crippen molar-refractivity contribution in [2.45, 2.75) is 25.3 Å². The third-order valence-electron chi connectivity index (χ3n) is 4.30. The van der Waals surface area contributed by atoms with E-state index in [-0.39, 0.29) is 0 Å². The van der Waals surface area contributed by atoms with Crippen molar-refractivity contribution >= 4 is 5.97 Å². The Labute approximate surface area is 130 Å². The zero-order valence-electron chi connectivity index (χ0n) is 12.8. The number of aromatic nitrogens is 2. The molecule has 0 radical (unpaired) electrons. The van der Waals surface area contributed by atoms with Crippen LogP contribution in [0.1, 0.15) is 40.2 Å². The second-order valence-electron chi connectivity index (χ2n) is 6.02. The van der Waals surface area contributed by atoms with Gasteiger partial charge >= 0.3 is 5.97 Å². The Morgan fingerprint density at radius 1 is 1.36 bits per heavy atom. The van der Waals surface area contributed by atoms with Gasteiger partial charge < -0.3 is 5.11 Å². The monoisotopic (exact) mass is 299 g/mol. The zero-order valence-corrected chi connectivity index (χ0v) is 12.8. The van der Waals surface area contributed by atoms with Gasteiger partial charge in [-0.3, -0.25) is 9.58 Å². The van der Waals surface area contributed by atoms with E-state index in [1.54, 1.807) is 12.1 Å². The molecule has 2 aromatic rings. The van der Waals surface area contributed by atoms with Gasteiger partial charge in [-0.2, -0.15) is 5.10 Å². The maximum Gasteiger partial charge on any atom is 0.335 e. The van der Waals surface area contributed by atoms with E-state index in [1.807, 2.05) is 30.1 Å². The minimum absolute atomic E-state index is 0.353. The Balaban J connectivity index is 1.66. The van der Waals surface area contributed by atoms with E-state index in [2.05, 4.69) is 16.2 Å². The molecule has 1 saturated heterocycles. The lowest BCUT2D eigenvalue weighted by Gasteiger charge is -2.32. The Bertz CT molecular complexity index is 648. The fourth-order valence-corrected chi connectivity index (χ4v) is 3.18. The predicted molar refractivity (Wildman–Crippen MR) is 83.9 cm³/mol. The van der Waals surface area contributed by atoms with Crippen LogP contribution >= 0.6 is 0 Å². The van der Waals surface area contributed by atoms with Crippen LogP contribution in [-0.4, -0.2) is 38.8 Å². The van der Waals surface area contributed by atoms with Gasteiger partial charge in [0, 0.05) is 31.9 Å². The van der Waals surface area contributed by atoms with Crippen LogP contribution in [0, 0.1) is 0 Å². The SMILES string of the molecule is Cn1cc(CN2CCC[C@@H](c3ccc(C(=O)O)cc3)C2)cn1. The summed E-state index contributed by atoms with van der Waals surface area (Å²) in [4.78, 5) is 13.4. The number of benzene rings is 1. The quantitative estimate of drug-likeness (QED) is 0.942. The molecule has 5 nitrogen and oxygen atoms in total. The molecule has 1 N–H and O–H groups in total. The minimum Gasteiger partial charge on any atom is -0.478 e. The summed E-state index contributed by atoms with van der Waals surface area (Å²) in [5.41, 5.74) is 2.83. The molecular formula is C17H21N3O2. The summed E-state index contributed by atoms with van der Waals surface area (Å²) in [6.45, 7) is 3.05. The lowest BCUT2D eigenvalue weighted by atomic mass is 9.90. The highest BCUT2D eigenvalue weighted by Gasteiger charge is 2.21. The molecule has 0 aliphatic carbocycles. The maximum absolute atomic E-state index is 10.9. The Kier molecular flexibility index (Phi) is 4.24. The van der Waals surface area contributed by atoms with Gasteiger partial charge in [-0.15, -0.1) is 0 Å². The zero-order chi connectivity index (χ0) is 15.5. The second kappa shape index (κ2) is 6.32. The molecule has 0 unspecified atom stereocenters. The van der Waals surface area contributed by atoms with Crippen LogP contribution < -0.4 is 0 Å². The molecule has 1 aromatic heterocycles. The second-order valence-corrected chi connectivity index (χ2v) is 6.02. The summed E-state index contributed by atoms with van der Waals surface area (Å²) in [6, 6.07) is 7.33. The van der Waals surface area contributed by atoms with Crippen LogP contribution in [0.15, 0.2) is 36.7 Å². The molecular weight excluding hydrogens is 278 g/mol. The highest BCUT2D eigenvalue weighted by atomic mass is 16.4. The van der Waals surface area contributed by atoms with E-state index in [4.69, 9.17) is 5.11 Å². The number of carboxylic acid groups (broad SMARTS) is 1. The van der Waals surface area contributed by atoms with Crippen molar-refractivity contribution in [2.75, 3.05) is 13.1 Å². The van der Waals surface area contributed by atoms with E-state index in [1.165, 1.54) is 17.5 Å². The number of hydrogen-bond acceptors (Lipinski definition) is 3. The average molecular weight is 299 g/mol. The van der Waals surface area contributed by atoms with Gasteiger partial charge in [0.1, 0.15) is 0 Å². The van der Waals surface area contributed by atoms with Gasteiger partial charge in [-0.05, 0) is 43.0 Å². The molecule has 1 aliphatic heterocycles. The maximum atomic E-state index is 10.9. The largest absolute Gasteiger partial charge is 0.478 e. The fraction of sp³-hybridized carbons (Fsp3) is 0.412. The Morgan fingerprint density at radius 2 is 2.14 bits per heavy atom. The van der Waals surface area contributed by atoms with E-state index in [9.17, 15) is 4.79 Å². The molecule has 0 saturated carbocycles. The van der Waals surface area contributed by atoms with E-state index in [0.29, 0.717) is 11.5 Å². The van der Waals surface area contributed by atoms with E-state index in [0.717, 1.165) is 26.1 Å². The third-order valence-corrected chi connectivity index (χ3v) is 4.30. The van der Waals surface area contributed by atoms with Crippen LogP contribution in [0.3, 0.4) is 0 Å². The van der Waals surface area contributed by atoms with Crippen molar-refractivity contribution < 1.29 is 9.90 Å². The number of carbonyl (C=O) groups is 1. The molecule has 1 fully saturated rings. The number of rotatable bonds is 4. The van der Waals surface area contributed by atoms with Crippen molar-refractivity contribution in [1.82, 2.24) is 14.7 Å². The first kappa shape index (κ1) is 14.8. The molecule has 0 spiro atoms. The highest BCUT2D eigenvalue weighted by Crippen LogP contribution is 2.27. The lowest BCUT2D eigenvalue weighted by Crippen LogP contribution is -2.33. The third kappa shape index (κ3) is 3.36. The number of piperidine rings is 1. The Hall–Kier alpha value is -2.14. The summed E-state index contributed by atoms with van der Waals surface area (Å²) in [6.07, 6.45) is 6.32. The summed E-state index contributed by atoms with van der Waals surface area (Å²) in [5, 5.41) is 13.2. The van der Waals surface area contributed by atoms with Gasteiger partial charge in [-0.1, -0.05) is 12.1 Å². The first-order chi connectivity index (χ1) is 10.6. The highest BCUT2D eigenvalue weighted by molar-refractivity contribution is 5.87. The summed E-state index contributed by atoms with van der Waals surface area (Å²) in [7, 11) is 1.94. The molecule has 0 amide bonds. The first-order valence-corrected chi connectivity index (χ1v) is 7.65. The molecule has 1 atom stereocenters. The van der Waals surface area contributed by atoms with E-state index < -0.39 is 5.97 Å². The van der Waals surface area contributed by atoms with E-state index >= 15 is 0 Å². The van der Waals surface area contributed by atoms with Crippen LogP contribution in [-0.2, 0) is 13.6 Å². The number of carboxylic acids is 1. The molecule has 3 rings (SSSR count). The van der Waals surface area contributed by atoms with Crippen molar-refractivity contribution in [3.05, 3.63) is 53.3 Å². The molecule has 22 heavy (non-hydrogen) atoms. The van der Waals surface area contributed by atoms with Gasteiger partial charge in [0.05, 0.1) is 11.8 Å². The smallest absolute Gasteiger partial charge is 0.335 e. The summed E-state index contributed by atoms with van der Waals surface area (Å²) >= 11 is 0. The predicted octanol–water partition coefficient (Wildman–Crippen LogP) is 2.50. The normalized spacial score (nSPS) is 19.2. The standard InChI is InChI=1S/C17H21N3O2/c1-19-10-13(9-18-19)11-20-8-2-3-16(12-20)14-4-6-15(7-5-14)17(21)22/h4-7,9-10,16H,2-3,8,11-12H2,1H3,(H,21,22)/t16-/m1/s1. The number of nitrogens with zero attached hydrogens (tertiary/aromatic N) is 3. The molecule has 116 valence electrons. The molecule has 5 heteroatoms. The van der Waals surface area contributed by atoms with Gasteiger partial charge in [0.15, 0.2) is 0 Å². The topological polar surface area (TPSA) is 58.4 Å². The minimum atomic E-state index is -0.867. The molecule has 1 aromatic carbocycles. The van der Waals surface area contributed by atoms with Crippen molar-refractivity contribution in [1.29, 1.82) is 0 Å². The molecule has 2 heterocycles. The Morgan fingerprint density at radius 3 is 2.77 bits per heavy atom. The van der Waals surface area contributed by atoms with Crippen LogP contribution in [0.25, 0.3) is 0 Å². The summed E-state index contributed by atoms with van der Waals surface area (Å²) < 4.78 is 1.83. The fourth-order valence-electron chi connectivity index (χ4n) is 3.18. The van der Waals surface area contributed by atoms with Crippen LogP contribution in [0.2, 0.25) is 0 Å².